The molecule has 0 aliphatic heterocycles. The summed E-state index contributed by atoms with van der Waals surface area (Å²) in [5.74, 6) is 0.571. The van der Waals surface area contributed by atoms with Gasteiger partial charge in [0.2, 0.25) is 0 Å². The van der Waals surface area contributed by atoms with Crippen LogP contribution in [0.4, 0.5) is 4.39 Å². The van der Waals surface area contributed by atoms with Crippen LogP contribution in [0.1, 0.15) is 36.5 Å². The van der Waals surface area contributed by atoms with Crippen LogP contribution in [0.2, 0.25) is 0 Å². The van der Waals surface area contributed by atoms with Gasteiger partial charge in [-0.2, -0.15) is 0 Å². The molecule has 1 aromatic heterocycles. The van der Waals surface area contributed by atoms with Gasteiger partial charge in [-0.3, -0.25) is 4.98 Å². The molecule has 1 aromatic carbocycles. The van der Waals surface area contributed by atoms with Crippen molar-refractivity contribution in [3.8, 4) is 11.5 Å². The second-order valence-electron chi connectivity index (χ2n) is 5.20. The average molecular weight is 301 g/mol. The van der Waals surface area contributed by atoms with Gasteiger partial charge in [0.25, 0.3) is 0 Å². The molecule has 0 N–H and O–H groups in total. The summed E-state index contributed by atoms with van der Waals surface area (Å²) in [5.41, 5.74) is 2.05. The molecule has 22 heavy (non-hydrogen) atoms. The molecule has 4 heteroatoms. The van der Waals surface area contributed by atoms with Gasteiger partial charge >= 0.3 is 0 Å². The van der Waals surface area contributed by atoms with Gasteiger partial charge in [-0.05, 0) is 23.6 Å². The predicted octanol–water partition coefficient (Wildman–Crippen LogP) is 4.53. The fourth-order valence-electron chi connectivity index (χ4n) is 2.34. The third-order valence-electron chi connectivity index (χ3n) is 3.39. The van der Waals surface area contributed by atoms with E-state index in [2.05, 4.69) is 4.98 Å². The summed E-state index contributed by atoms with van der Waals surface area (Å²) in [7, 11) is 3.05. The molecule has 2 rings (SSSR count). The van der Waals surface area contributed by atoms with Crippen molar-refractivity contribution in [2.75, 3.05) is 14.2 Å². The lowest BCUT2D eigenvalue weighted by molar-refractivity contribution is 0.362. The van der Waals surface area contributed by atoms with Crippen LogP contribution >= 0.6 is 0 Å². The van der Waals surface area contributed by atoms with Crippen molar-refractivity contribution in [3.05, 3.63) is 53.1 Å². The molecule has 0 saturated carbocycles. The molecule has 2 aromatic rings. The summed E-state index contributed by atoms with van der Waals surface area (Å²) in [6.45, 7) is 3.95. The monoisotopic (exact) mass is 301 g/mol. The molecule has 0 bridgehead atoms. The first kappa shape index (κ1) is 16.0. The zero-order chi connectivity index (χ0) is 16.1. The zero-order valence-corrected chi connectivity index (χ0v) is 13.3. The molecule has 0 unspecified atom stereocenters. The first-order chi connectivity index (χ1) is 10.6. The highest BCUT2D eigenvalue weighted by Gasteiger charge is 2.20. The Hall–Kier alpha value is -2.36. The lowest BCUT2D eigenvalue weighted by atomic mass is 9.97. The maximum absolute atomic E-state index is 14.7. The summed E-state index contributed by atoms with van der Waals surface area (Å²) in [4.78, 5) is 4.03. The van der Waals surface area contributed by atoms with Crippen LogP contribution in [0.5, 0.6) is 11.5 Å². The fourth-order valence-corrected chi connectivity index (χ4v) is 2.34. The summed E-state index contributed by atoms with van der Waals surface area (Å²) < 4.78 is 25.3. The van der Waals surface area contributed by atoms with Gasteiger partial charge in [0.1, 0.15) is 5.75 Å². The Morgan fingerprint density at radius 3 is 2.50 bits per heavy atom. The first-order valence-corrected chi connectivity index (χ1v) is 7.11. The summed E-state index contributed by atoms with van der Waals surface area (Å²) in [6, 6.07) is 5.43. The summed E-state index contributed by atoms with van der Waals surface area (Å²) >= 11 is 0. The van der Waals surface area contributed by atoms with Crippen molar-refractivity contribution in [1.82, 2.24) is 4.98 Å². The Kier molecular flexibility index (Phi) is 5.15. The van der Waals surface area contributed by atoms with E-state index in [0.717, 1.165) is 11.1 Å². The number of pyridine rings is 1. The van der Waals surface area contributed by atoms with Crippen molar-refractivity contribution in [2.24, 2.45) is 0 Å². The number of rotatable bonds is 5. The van der Waals surface area contributed by atoms with Gasteiger partial charge in [0, 0.05) is 23.5 Å². The number of ether oxygens (including phenoxy) is 2. The number of hydrogen-bond donors (Lipinski definition) is 0. The van der Waals surface area contributed by atoms with Gasteiger partial charge in [-0.1, -0.05) is 32.1 Å². The van der Waals surface area contributed by atoms with Gasteiger partial charge in [0.05, 0.1) is 14.2 Å². The van der Waals surface area contributed by atoms with Crippen LogP contribution in [0, 0.1) is 5.82 Å². The van der Waals surface area contributed by atoms with Crippen LogP contribution in [-0.2, 0) is 0 Å². The van der Waals surface area contributed by atoms with Crippen molar-refractivity contribution in [2.45, 2.75) is 19.8 Å². The van der Waals surface area contributed by atoms with E-state index in [4.69, 9.17) is 9.47 Å². The molecule has 0 aliphatic carbocycles. The number of hydrogen-bond acceptors (Lipinski definition) is 3. The van der Waals surface area contributed by atoms with Crippen molar-refractivity contribution in [3.63, 3.8) is 0 Å². The molecular formula is C18H20FNO2. The van der Waals surface area contributed by atoms with Crippen LogP contribution in [0.25, 0.3) is 12.2 Å². The molecule has 0 atom stereocenters. The highest BCUT2D eigenvalue weighted by molar-refractivity contribution is 5.72. The molecule has 0 spiro atoms. The van der Waals surface area contributed by atoms with Gasteiger partial charge in [-0.15, -0.1) is 0 Å². The third-order valence-corrected chi connectivity index (χ3v) is 3.39. The van der Waals surface area contributed by atoms with Crippen LogP contribution < -0.4 is 9.47 Å². The van der Waals surface area contributed by atoms with Gasteiger partial charge < -0.3 is 9.47 Å². The maximum atomic E-state index is 14.7. The number of methoxy groups -OCH3 is 2. The minimum absolute atomic E-state index is 0.0933. The maximum Gasteiger partial charge on any atom is 0.172 e. The largest absolute Gasteiger partial charge is 0.496 e. The van der Waals surface area contributed by atoms with Crippen LogP contribution in [0.15, 0.2) is 30.6 Å². The lowest BCUT2D eigenvalue weighted by Gasteiger charge is -2.18. The highest BCUT2D eigenvalue weighted by atomic mass is 19.1. The Morgan fingerprint density at radius 2 is 1.95 bits per heavy atom. The molecular weight excluding hydrogens is 281 g/mol. The minimum atomic E-state index is -0.382. The molecule has 116 valence electrons. The van der Waals surface area contributed by atoms with Gasteiger partial charge in [-0.25, -0.2) is 4.39 Å². The normalized spacial score (nSPS) is 11.2. The topological polar surface area (TPSA) is 31.4 Å². The van der Waals surface area contributed by atoms with E-state index in [1.54, 1.807) is 37.7 Å². The van der Waals surface area contributed by atoms with E-state index in [-0.39, 0.29) is 17.5 Å². The number of nitrogens with zero attached hydrogens (tertiary/aromatic N) is 1. The van der Waals surface area contributed by atoms with E-state index in [9.17, 15) is 4.39 Å². The predicted molar refractivity (Wildman–Crippen MR) is 86.8 cm³/mol. The van der Waals surface area contributed by atoms with Gasteiger partial charge in [0.15, 0.2) is 11.6 Å². The molecule has 0 radical (unpaired) electrons. The molecule has 3 nitrogen and oxygen atoms in total. The van der Waals surface area contributed by atoms with E-state index >= 15 is 0 Å². The van der Waals surface area contributed by atoms with Crippen molar-refractivity contribution >= 4 is 12.2 Å². The minimum Gasteiger partial charge on any atom is -0.496 e. The molecule has 0 amide bonds. The second-order valence-corrected chi connectivity index (χ2v) is 5.20. The van der Waals surface area contributed by atoms with Crippen molar-refractivity contribution in [1.29, 1.82) is 0 Å². The smallest absolute Gasteiger partial charge is 0.172 e. The summed E-state index contributed by atoms with van der Waals surface area (Å²) in [5, 5.41) is 0. The first-order valence-electron chi connectivity index (χ1n) is 7.11. The van der Waals surface area contributed by atoms with E-state index in [1.807, 2.05) is 26.0 Å². The van der Waals surface area contributed by atoms with Crippen LogP contribution in [-0.4, -0.2) is 19.2 Å². The molecule has 0 aliphatic rings. The van der Waals surface area contributed by atoms with E-state index in [0.29, 0.717) is 11.3 Å². The Bertz CT molecular complexity index is 667. The highest BCUT2D eigenvalue weighted by Crippen LogP contribution is 2.39. The Labute approximate surface area is 130 Å². The standard InChI is InChI=1S/C18H20FNO2/c1-12(2)16-15(21-3)10-14(17(19)18(16)22-4)8-7-13-6-5-9-20-11-13/h5-12H,1-4H3/b8-7+. The zero-order valence-electron chi connectivity index (χ0n) is 13.3. The van der Waals surface area contributed by atoms with Crippen molar-refractivity contribution < 1.29 is 13.9 Å². The SMILES string of the molecule is COc1cc(/C=C/c2cccnc2)c(F)c(OC)c1C(C)C. The fraction of sp³-hybridized carbons (Fsp3) is 0.278. The number of aromatic nitrogens is 1. The quantitative estimate of drug-likeness (QED) is 0.813. The third kappa shape index (κ3) is 3.27. The molecule has 0 saturated heterocycles. The van der Waals surface area contributed by atoms with E-state index in [1.165, 1.54) is 7.11 Å². The number of benzene rings is 1. The molecule has 0 fully saturated rings. The van der Waals surface area contributed by atoms with Crippen LogP contribution in [0.3, 0.4) is 0 Å². The second kappa shape index (κ2) is 7.07. The Balaban J connectivity index is 2.51. The van der Waals surface area contributed by atoms with E-state index < -0.39 is 0 Å². The lowest BCUT2D eigenvalue weighted by Crippen LogP contribution is -2.03. The average Bonchev–Trinajstić information content (AvgIpc) is 2.53. The number of halogens is 1. The Morgan fingerprint density at radius 1 is 1.18 bits per heavy atom. The molecule has 1 heterocycles. The summed E-state index contributed by atoms with van der Waals surface area (Å²) in [6.07, 6.45) is 6.91.